The minimum absolute atomic E-state index is 0.0110. The number of rotatable bonds is 17. The molecule has 0 aromatic carbocycles. The van der Waals surface area contributed by atoms with Crippen LogP contribution in [0.25, 0.3) is 0 Å². The third kappa shape index (κ3) is 9.25. The van der Waals surface area contributed by atoms with Crippen LogP contribution in [0.2, 0.25) is 0 Å². The molecule has 0 aromatic heterocycles. The van der Waals surface area contributed by atoms with Gasteiger partial charge in [0.05, 0.1) is 38.5 Å². The Morgan fingerprint density at radius 3 is 2.19 bits per heavy atom. The van der Waals surface area contributed by atoms with Crippen LogP contribution in [-0.4, -0.2) is 104 Å². The molecule has 3 aliphatic heterocycles. The van der Waals surface area contributed by atoms with Gasteiger partial charge in [-0.15, -0.1) is 0 Å². The van der Waals surface area contributed by atoms with Gasteiger partial charge in [0, 0.05) is 56.3 Å². The first-order chi connectivity index (χ1) is 17.4. The van der Waals surface area contributed by atoms with Gasteiger partial charge in [-0.25, -0.2) is 4.79 Å². The van der Waals surface area contributed by atoms with Crippen LogP contribution in [0.5, 0.6) is 0 Å². The molecule has 0 aromatic rings. The number of nitrogens with one attached hydrogen (secondary N) is 4. The number of likely N-dealkylation sites (tertiary alicyclic amines) is 1. The monoisotopic (exact) mass is 527 g/mol. The van der Waals surface area contributed by atoms with Gasteiger partial charge in [0.25, 0.3) is 0 Å². The van der Waals surface area contributed by atoms with Crippen molar-refractivity contribution in [3.8, 4) is 0 Å². The fourth-order valence-corrected chi connectivity index (χ4v) is 5.93. The van der Waals surface area contributed by atoms with E-state index in [1.54, 1.807) is 0 Å². The van der Waals surface area contributed by atoms with E-state index < -0.39 is 0 Å². The van der Waals surface area contributed by atoms with Gasteiger partial charge in [-0.3, -0.25) is 24.1 Å². The molecule has 3 fully saturated rings. The van der Waals surface area contributed by atoms with Gasteiger partial charge in [0.2, 0.25) is 23.6 Å². The third-order valence-corrected chi connectivity index (χ3v) is 7.82. The number of amides is 6. The van der Waals surface area contributed by atoms with Crippen molar-refractivity contribution in [2.24, 2.45) is 0 Å². The number of urea groups is 1. The van der Waals surface area contributed by atoms with E-state index in [9.17, 15) is 24.0 Å². The molecule has 3 rings (SSSR count). The number of unbranched alkanes of at least 4 members (excludes halogenated alkanes) is 1. The van der Waals surface area contributed by atoms with Crippen LogP contribution >= 0.6 is 11.8 Å². The summed E-state index contributed by atoms with van der Waals surface area (Å²) in [5.41, 5.74) is 0. The molecule has 13 heteroatoms. The lowest BCUT2D eigenvalue weighted by Gasteiger charge is -2.16. The summed E-state index contributed by atoms with van der Waals surface area (Å²) in [5.74, 6) is 0.287. The lowest BCUT2D eigenvalue weighted by molar-refractivity contribution is -0.138. The van der Waals surface area contributed by atoms with Gasteiger partial charge in [0.15, 0.2) is 0 Å². The molecule has 6 amide bonds. The molecule has 0 saturated carbocycles. The SMILES string of the molecule is O=C(CCCCC1SCC2NC(=O)NC21)NCCOCCOCCNC(=O)CCN1C(=O)CCC1=O. The van der Waals surface area contributed by atoms with Crippen LogP contribution in [0.1, 0.15) is 44.9 Å². The lowest BCUT2D eigenvalue weighted by Crippen LogP contribution is -2.36. The topological polar surface area (TPSA) is 155 Å². The first-order valence-electron chi connectivity index (χ1n) is 12.6. The highest BCUT2D eigenvalue weighted by Crippen LogP contribution is 2.33. The van der Waals surface area contributed by atoms with E-state index >= 15 is 0 Å². The Morgan fingerprint density at radius 1 is 0.889 bits per heavy atom. The van der Waals surface area contributed by atoms with E-state index in [2.05, 4.69) is 21.3 Å². The first kappa shape index (κ1) is 28.2. The average Bonchev–Trinajstić information content (AvgIpc) is 3.50. The number of carbonyl (C=O) groups excluding carboxylic acids is 5. The summed E-state index contributed by atoms with van der Waals surface area (Å²) >= 11 is 1.89. The molecule has 202 valence electrons. The number of fused-ring (bicyclic) bond motifs is 1. The Kier molecular flexibility index (Phi) is 11.8. The molecule has 0 aliphatic carbocycles. The van der Waals surface area contributed by atoms with Gasteiger partial charge in [-0.2, -0.15) is 11.8 Å². The molecule has 12 nitrogen and oxygen atoms in total. The highest BCUT2D eigenvalue weighted by molar-refractivity contribution is 8.00. The van der Waals surface area contributed by atoms with Gasteiger partial charge in [0.1, 0.15) is 0 Å². The van der Waals surface area contributed by atoms with Gasteiger partial charge < -0.3 is 30.7 Å². The molecule has 3 unspecified atom stereocenters. The summed E-state index contributed by atoms with van der Waals surface area (Å²) in [6, 6.07) is 0.373. The predicted molar refractivity (Wildman–Crippen MR) is 132 cm³/mol. The fraction of sp³-hybridized carbons (Fsp3) is 0.783. The predicted octanol–water partition coefficient (Wildman–Crippen LogP) is -0.483. The number of nitrogens with zero attached hydrogens (tertiary/aromatic N) is 1. The van der Waals surface area contributed by atoms with Crippen LogP contribution in [0, 0.1) is 0 Å². The Hall–Kier alpha value is -2.38. The standard InChI is InChI=1S/C23H37N5O7S/c29-18(4-2-1-3-17-22-16(15-36-17)26-23(33)27-22)24-8-11-34-13-14-35-12-9-25-19(30)7-10-28-20(31)5-6-21(28)32/h16-17,22H,1-15H2,(H,24,29)(H,25,30)(H2,26,27,33). The molecular formula is C23H37N5O7S. The smallest absolute Gasteiger partial charge is 0.315 e. The molecule has 3 aliphatic rings. The molecule has 36 heavy (non-hydrogen) atoms. The van der Waals surface area contributed by atoms with Crippen LogP contribution in [-0.2, 0) is 28.7 Å². The normalized spacial score (nSPS) is 22.9. The minimum Gasteiger partial charge on any atom is -0.377 e. The minimum atomic E-state index is -0.233. The zero-order valence-electron chi connectivity index (χ0n) is 20.6. The molecule has 0 spiro atoms. The Bertz CT molecular complexity index is 783. The van der Waals surface area contributed by atoms with Crippen molar-refractivity contribution in [1.29, 1.82) is 0 Å². The lowest BCUT2D eigenvalue weighted by atomic mass is 10.0. The van der Waals surface area contributed by atoms with Crippen molar-refractivity contribution in [3.63, 3.8) is 0 Å². The molecule has 0 bridgehead atoms. The van der Waals surface area contributed by atoms with E-state index in [0.717, 1.165) is 29.9 Å². The van der Waals surface area contributed by atoms with Crippen molar-refractivity contribution in [2.75, 3.05) is 51.8 Å². The highest BCUT2D eigenvalue weighted by Gasteiger charge is 2.42. The maximum atomic E-state index is 11.9. The zero-order valence-corrected chi connectivity index (χ0v) is 21.4. The summed E-state index contributed by atoms with van der Waals surface area (Å²) in [6.07, 6.45) is 3.79. The molecule has 3 saturated heterocycles. The Balaban J connectivity index is 1.06. The van der Waals surface area contributed by atoms with E-state index in [-0.39, 0.29) is 67.6 Å². The van der Waals surface area contributed by atoms with Crippen molar-refractivity contribution >= 4 is 41.4 Å². The number of imide groups is 1. The molecule has 3 heterocycles. The van der Waals surface area contributed by atoms with Crippen LogP contribution in [0.3, 0.4) is 0 Å². The van der Waals surface area contributed by atoms with E-state index in [1.165, 1.54) is 0 Å². The molecule has 4 N–H and O–H groups in total. The first-order valence-corrected chi connectivity index (χ1v) is 13.7. The highest BCUT2D eigenvalue weighted by atomic mass is 32.2. The van der Waals surface area contributed by atoms with Crippen molar-refractivity contribution < 1.29 is 33.4 Å². The number of ether oxygens (including phenoxy) is 2. The number of hydrogen-bond donors (Lipinski definition) is 4. The number of thioether (sulfide) groups is 1. The average molecular weight is 528 g/mol. The van der Waals surface area contributed by atoms with E-state index in [0.29, 0.717) is 51.2 Å². The van der Waals surface area contributed by atoms with Gasteiger partial charge >= 0.3 is 6.03 Å². The van der Waals surface area contributed by atoms with Gasteiger partial charge in [-0.1, -0.05) is 6.42 Å². The second-order valence-corrected chi connectivity index (χ2v) is 10.3. The molecule has 0 radical (unpaired) electrons. The maximum absolute atomic E-state index is 11.9. The van der Waals surface area contributed by atoms with Crippen molar-refractivity contribution in [1.82, 2.24) is 26.2 Å². The summed E-state index contributed by atoms with van der Waals surface area (Å²) in [7, 11) is 0. The molecular weight excluding hydrogens is 490 g/mol. The number of hydrogen-bond acceptors (Lipinski definition) is 8. The van der Waals surface area contributed by atoms with Crippen LogP contribution < -0.4 is 21.3 Å². The summed E-state index contributed by atoms with van der Waals surface area (Å²) in [4.78, 5) is 59.3. The summed E-state index contributed by atoms with van der Waals surface area (Å²) < 4.78 is 10.8. The summed E-state index contributed by atoms with van der Waals surface area (Å²) in [5, 5.41) is 11.9. The van der Waals surface area contributed by atoms with Crippen molar-refractivity contribution in [2.45, 2.75) is 62.3 Å². The third-order valence-electron chi connectivity index (χ3n) is 6.31. The van der Waals surface area contributed by atoms with Crippen molar-refractivity contribution in [3.05, 3.63) is 0 Å². The maximum Gasteiger partial charge on any atom is 0.315 e. The van der Waals surface area contributed by atoms with Crippen LogP contribution in [0.15, 0.2) is 0 Å². The number of carbonyl (C=O) groups is 5. The molecule has 3 atom stereocenters. The largest absolute Gasteiger partial charge is 0.377 e. The quantitative estimate of drug-likeness (QED) is 0.112. The van der Waals surface area contributed by atoms with Gasteiger partial charge in [-0.05, 0) is 12.8 Å². The summed E-state index contributed by atoms with van der Waals surface area (Å²) in [6.45, 7) is 2.38. The Morgan fingerprint density at radius 2 is 1.53 bits per heavy atom. The van der Waals surface area contributed by atoms with E-state index in [4.69, 9.17) is 9.47 Å². The fourth-order valence-electron chi connectivity index (χ4n) is 4.38. The second-order valence-electron chi connectivity index (χ2n) is 8.98. The Labute approximate surface area is 215 Å². The second kappa shape index (κ2) is 15.0. The van der Waals surface area contributed by atoms with Crippen LogP contribution in [0.4, 0.5) is 4.79 Å². The zero-order chi connectivity index (χ0) is 25.8. The van der Waals surface area contributed by atoms with E-state index in [1.807, 2.05) is 11.8 Å².